The number of furan rings is 1. The summed E-state index contributed by atoms with van der Waals surface area (Å²) >= 11 is 3.16. The van der Waals surface area contributed by atoms with Gasteiger partial charge in [0.25, 0.3) is 5.91 Å². The molecule has 16 heavy (non-hydrogen) atoms. The lowest BCUT2D eigenvalue weighted by molar-refractivity contribution is 0.0230. The van der Waals surface area contributed by atoms with Crippen LogP contribution in [0.1, 0.15) is 23.9 Å². The molecule has 1 saturated heterocycles. The molecule has 4 nitrogen and oxygen atoms in total. The third-order valence-electron chi connectivity index (χ3n) is 2.99. The maximum absolute atomic E-state index is 12.0. The van der Waals surface area contributed by atoms with E-state index in [9.17, 15) is 9.90 Å². The molecule has 1 N–H and O–H groups in total. The summed E-state index contributed by atoms with van der Waals surface area (Å²) in [5.41, 5.74) is 0. The minimum atomic E-state index is -0.434. The number of piperidine rings is 1. The van der Waals surface area contributed by atoms with Gasteiger partial charge in [0.2, 0.25) is 0 Å². The van der Waals surface area contributed by atoms with Crippen molar-refractivity contribution in [3.8, 4) is 0 Å². The number of amides is 1. The van der Waals surface area contributed by atoms with Gasteiger partial charge in [-0.05, 0) is 40.4 Å². The van der Waals surface area contributed by atoms with Crippen molar-refractivity contribution < 1.29 is 14.3 Å². The lowest BCUT2D eigenvalue weighted by Gasteiger charge is -2.33. The standard InChI is InChI=1S/C11H14BrNO3/c1-7-4-5-13(6-8(7)14)11(15)9-2-3-10(12)16-9/h2-3,7-8,14H,4-6H2,1H3. The quantitative estimate of drug-likeness (QED) is 0.858. The highest BCUT2D eigenvalue weighted by atomic mass is 79.9. The van der Waals surface area contributed by atoms with Crippen LogP contribution < -0.4 is 0 Å². The fourth-order valence-electron chi connectivity index (χ4n) is 1.82. The maximum atomic E-state index is 12.0. The van der Waals surface area contributed by atoms with E-state index in [1.807, 2.05) is 6.92 Å². The third kappa shape index (κ3) is 2.30. The Kier molecular flexibility index (Phi) is 3.35. The van der Waals surface area contributed by atoms with Gasteiger partial charge in [-0.2, -0.15) is 0 Å². The molecule has 0 bridgehead atoms. The van der Waals surface area contributed by atoms with Gasteiger partial charge in [0.15, 0.2) is 10.4 Å². The predicted molar refractivity (Wildman–Crippen MR) is 62.1 cm³/mol. The highest BCUT2D eigenvalue weighted by molar-refractivity contribution is 9.10. The van der Waals surface area contributed by atoms with Gasteiger partial charge in [0.05, 0.1) is 6.10 Å². The molecule has 2 unspecified atom stereocenters. The number of rotatable bonds is 1. The number of β-amino-alcohol motifs (C(OH)–C–C–N with tert-alkyl or cyclic N) is 1. The van der Waals surface area contributed by atoms with Gasteiger partial charge in [-0.15, -0.1) is 0 Å². The van der Waals surface area contributed by atoms with E-state index in [2.05, 4.69) is 15.9 Å². The van der Waals surface area contributed by atoms with Gasteiger partial charge >= 0.3 is 0 Å². The van der Waals surface area contributed by atoms with Crippen molar-refractivity contribution >= 4 is 21.8 Å². The number of nitrogens with zero attached hydrogens (tertiary/aromatic N) is 1. The normalized spacial score (nSPS) is 25.8. The second-order valence-electron chi connectivity index (χ2n) is 4.19. The van der Waals surface area contributed by atoms with Crippen molar-refractivity contribution in [1.82, 2.24) is 4.90 Å². The van der Waals surface area contributed by atoms with E-state index in [4.69, 9.17) is 4.42 Å². The minimum absolute atomic E-state index is 0.156. The van der Waals surface area contributed by atoms with Crippen LogP contribution in [0.3, 0.4) is 0 Å². The van der Waals surface area contributed by atoms with Crippen LogP contribution in [0.4, 0.5) is 0 Å². The molecule has 1 aliphatic rings. The van der Waals surface area contributed by atoms with Crippen LogP contribution in [-0.2, 0) is 0 Å². The fourth-order valence-corrected chi connectivity index (χ4v) is 2.12. The molecule has 0 aromatic carbocycles. The van der Waals surface area contributed by atoms with Crippen LogP contribution in [-0.4, -0.2) is 35.1 Å². The average molecular weight is 288 g/mol. The maximum Gasteiger partial charge on any atom is 0.289 e. The Morgan fingerprint density at radius 3 is 2.94 bits per heavy atom. The summed E-state index contributed by atoms with van der Waals surface area (Å²) in [7, 11) is 0. The molecule has 1 aromatic heterocycles. The van der Waals surface area contributed by atoms with Gasteiger partial charge in [-0.1, -0.05) is 6.92 Å². The zero-order valence-corrected chi connectivity index (χ0v) is 10.6. The van der Waals surface area contributed by atoms with Crippen molar-refractivity contribution in [2.24, 2.45) is 5.92 Å². The Morgan fingerprint density at radius 1 is 1.62 bits per heavy atom. The smallest absolute Gasteiger partial charge is 0.289 e. The Hall–Kier alpha value is -0.810. The SMILES string of the molecule is CC1CCN(C(=O)c2ccc(Br)o2)CC1O. The van der Waals surface area contributed by atoms with E-state index in [-0.39, 0.29) is 11.8 Å². The molecule has 2 rings (SSSR count). The molecular weight excluding hydrogens is 274 g/mol. The van der Waals surface area contributed by atoms with E-state index in [0.29, 0.717) is 23.5 Å². The molecule has 1 fully saturated rings. The van der Waals surface area contributed by atoms with E-state index >= 15 is 0 Å². The third-order valence-corrected chi connectivity index (χ3v) is 3.42. The van der Waals surface area contributed by atoms with Crippen LogP contribution in [0.15, 0.2) is 21.2 Å². The number of hydrogen-bond donors (Lipinski definition) is 1. The van der Waals surface area contributed by atoms with E-state index < -0.39 is 6.10 Å². The topological polar surface area (TPSA) is 53.7 Å². The molecule has 1 amide bonds. The second-order valence-corrected chi connectivity index (χ2v) is 4.97. The first-order valence-corrected chi connectivity index (χ1v) is 6.10. The van der Waals surface area contributed by atoms with Crippen LogP contribution >= 0.6 is 15.9 Å². The molecule has 1 aromatic rings. The summed E-state index contributed by atoms with van der Waals surface area (Å²) in [5.74, 6) is 0.415. The average Bonchev–Trinajstić information content (AvgIpc) is 2.68. The number of carbonyl (C=O) groups is 1. The van der Waals surface area contributed by atoms with Crippen molar-refractivity contribution in [1.29, 1.82) is 0 Å². The largest absolute Gasteiger partial charge is 0.444 e. The minimum Gasteiger partial charge on any atom is -0.444 e. The Balaban J connectivity index is 2.06. The van der Waals surface area contributed by atoms with E-state index in [1.54, 1.807) is 17.0 Å². The molecule has 88 valence electrons. The first-order chi connectivity index (χ1) is 7.58. The predicted octanol–water partition coefficient (Wildman–Crippen LogP) is 1.89. The fraction of sp³-hybridized carbons (Fsp3) is 0.545. The Morgan fingerprint density at radius 2 is 2.38 bits per heavy atom. The molecule has 1 aliphatic heterocycles. The summed E-state index contributed by atoms with van der Waals surface area (Å²) in [6, 6.07) is 3.33. The molecular formula is C11H14BrNO3. The first kappa shape index (κ1) is 11.7. The van der Waals surface area contributed by atoms with Crippen LogP contribution in [0.5, 0.6) is 0 Å². The molecule has 0 aliphatic carbocycles. The zero-order chi connectivity index (χ0) is 11.7. The summed E-state index contributed by atoms with van der Waals surface area (Å²) in [4.78, 5) is 13.6. The van der Waals surface area contributed by atoms with Gasteiger partial charge in [0, 0.05) is 13.1 Å². The number of hydrogen-bond acceptors (Lipinski definition) is 3. The van der Waals surface area contributed by atoms with Gasteiger partial charge in [-0.25, -0.2) is 0 Å². The lowest BCUT2D eigenvalue weighted by Crippen LogP contribution is -2.45. The van der Waals surface area contributed by atoms with Gasteiger partial charge in [-0.3, -0.25) is 4.79 Å². The number of carbonyl (C=O) groups excluding carboxylic acids is 1. The first-order valence-electron chi connectivity index (χ1n) is 5.30. The lowest BCUT2D eigenvalue weighted by atomic mass is 9.96. The van der Waals surface area contributed by atoms with Gasteiger partial charge in [0.1, 0.15) is 0 Å². The number of halogens is 1. The summed E-state index contributed by atoms with van der Waals surface area (Å²) in [6.45, 7) is 3.06. The molecule has 0 spiro atoms. The van der Waals surface area contributed by atoms with Crippen LogP contribution in [0.2, 0.25) is 0 Å². The number of aliphatic hydroxyl groups is 1. The Bertz CT molecular complexity index is 390. The molecule has 2 heterocycles. The number of likely N-dealkylation sites (tertiary alicyclic amines) is 1. The zero-order valence-electron chi connectivity index (χ0n) is 9.02. The molecule has 0 saturated carbocycles. The summed E-state index contributed by atoms with van der Waals surface area (Å²) in [6.07, 6.45) is 0.394. The van der Waals surface area contributed by atoms with Crippen molar-refractivity contribution in [2.75, 3.05) is 13.1 Å². The van der Waals surface area contributed by atoms with E-state index in [0.717, 1.165) is 6.42 Å². The monoisotopic (exact) mass is 287 g/mol. The molecule has 2 atom stereocenters. The van der Waals surface area contributed by atoms with Crippen molar-refractivity contribution in [3.05, 3.63) is 22.6 Å². The van der Waals surface area contributed by atoms with Crippen molar-refractivity contribution in [3.63, 3.8) is 0 Å². The van der Waals surface area contributed by atoms with E-state index in [1.165, 1.54) is 0 Å². The number of aliphatic hydroxyl groups excluding tert-OH is 1. The van der Waals surface area contributed by atoms with Crippen LogP contribution in [0.25, 0.3) is 0 Å². The van der Waals surface area contributed by atoms with Gasteiger partial charge < -0.3 is 14.4 Å². The molecule has 0 radical (unpaired) electrons. The summed E-state index contributed by atoms with van der Waals surface area (Å²) in [5, 5.41) is 9.72. The second kappa shape index (κ2) is 4.59. The van der Waals surface area contributed by atoms with Crippen molar-refractivity contribution in [2.45, 2.75) is 19.4 Å². The highest BCUT2D eigenvalue weighted by Gasteiger charge is 2.29. The molecule has 5 heteroatoms. The Labute approximate surface area is 102 Å². The van der Waals surface area contributed by atoms with Crippen LogP contribution in [0, 0.1) is 5.92 Å². The highest BCUT2D eigenvalue weighted by Crippen LogP contribution is 2.21. The summed E-state index contributed by atoms with van der Waals surface area (Å²) < 4.78 is 5.75.